The second-order valence-electron chi connectivity index (χ2n) is 7.56. The minimum Gasteiger partial charge on any atom is -0.356 e. The average Bonchev–Trinajstić information content (AvgIpc) is 3.20. The van der Waals surface area contributed by atoms with Gasteiger partial charge in [-0.05, 0) is 38.1 Å². The minimum atomic E-state index is -4.50. The molecule has 0 unspecified atom stereocenters. The van der Waals surface area contributed by atoms with E-state index in [2.05, 4.69) is 25.3 Å². The van der Waals surface area contributed by atoms with Crippen LogP contribution in [0, 0.1) is 0 Å². The van der Waals surface area contributed by atoms with Gasteiger partial charge in [0.15, 0.2) is 5.82 Å². The fourth-order valence-electron chi connectivity index (χ4n) is 3.20. The van der Waals surface area contributed by atoms with E-state index in [0.29, 0.717) is 28.2 Å². The lowest BCUT2D eigenvalue weighted by atomic mass is 10.0. The van der Waals surface area contributed by atoms with E-state index in [1.54, 1.807) is 36.7 Å². The number of amides is 1. The van der Waals surface area contributed by atoms with Gasteiger partial charge in [0.25, 0.3) is 0 Å². The molecule has 4 rings (SSSR count). The SMILES string of the molecule is CC(C)(Nc1nc(-c2ccnc3[nH]ccc23)nc2ccccc12)C(=O)NCC(F)(F)F.[HH].[HH].[HH]. The molecule has 1 aromatic carbocycles. The van der Waals surface area contributed by atoms with Crippen molar-refractivity contribution >= 4 is 33.7 Å². The quantitative estimate of drug-likeness (QED) is 0.420. The number of para-hydroxylation sites is 1. The Kier molecular flexibility index (Phi) is 5.00. The summed E-state index contributed by atoms with van der Waals surface area (Å²) in [4.78, 5) is 29.0. The number of anilines is 1. The van der Waals surface area contributed by atoms with Crippen LogP contribution < -0.4 is 10.6 Å². The molecule has 0 saturated carbocycles. The van der Waals surface area contributed by atoms with Crippen molar-refractivity contribution in [3.05, 3.63) is 48.8 Å². The highest BCUT2D eigenvalue weighted by Gasteiger charge is 2.33. The number of benzene rings is 1. The van der Waals surface area contributed by atoms with E-state index in [0.717, 1.165) is 10.9 Å². The summed E-state index contributed by atoms with van der Waals surface area (Å²) in [6.45, 7) is 1.58. The third-order valence-electron chi connectivity index (χ3n) is 4.75. The zero-order valence-corrected chi connectivity index (χ0v) is 16.7. The van der Waals surface area contributed by atoms with Crippen molar-refractivity contribution in [2.45, 2.75) is 25.6 Å². The number of halogens is 3. The molecule has 4 aromatic rings. The van der Waals surface area contributed by atoms with E-state index >= 15 is 0 Å². The van der Waals surface area contributed by atoms with Gasteiger partial charge in [-0.1, -0.05) is 12.1 Å². The second kappa shape index (κ2) is 7.53. The molecular formula is C21H25F3N6O. The molecule has 0 aliphatic heterocycles. The molecule has 31 heavy (non-hydrogen) atoms. The van der Waals surface area contributed by atoms with E-state index < -0.39 is 24.2 Å². The van der Waals surface area contributed by atoms with Crippen LogP contribution in [-0.4, -0.2) is 44.1 Å². The Morgan fingerprint density at radius 1 is 1.10 bits per heavy atom. The first kappa shape index (κ1) is 20.6. The summed E-state index contributed by atoms with van der Waals surface area (Å²) in [6, 6.07) is 10.8. The van der Waals surface area contributed by atoms with Crippen LogP contribution in [0.3, 0.4) is 0 Å². The lowest BCUT2D eigenvalue weighted by Gasteiger charge is -2.27. The number of H-pyrrole nitrogens is 1. The molecule has 3 N–H and O–H groups in total. The molecule has 0 fully saturated rings. The summed E-state index contributed by atoms with van der Waals surface area (Å²) in [5, 5.41) is 6.38. The van der Waals surface area contributed by atoms with E-state index in [1.165, 1.54) is 13.8 Å². The van der Waals surface area contributed by atoms with Crippen LogP contribution >= 0.6 is 0 Å². The first-order chi connectivity index (χ1) is 14.6. The summed E-state index contributed by atoms with van der Waals surface area (Å²) >= 11 is 0. The molecule has 3 aromatic heterocycles. The van der Waals surface area contributed by atoms with Crippen molar-refractivity contribution in [3.63, 3.8) is 0 Å². The standard InChI is InChI=1S/C21H19F3N6O.3H2/c1-20(2,19(31)27-11-21(22,23)24)30-18-14-5-3-4-6-15(14)28-17(29-18)13-8-10-26-16-12(13)7-9-25-16;;;/h3-10H,11H2,1-2H3,(H,25,26)(H,27,31)(H,28,29,30);3*1H. The molecule has 0 bridgehead atoms. The van der Waals surface area contributed by atoms with Crippen molar-refractivity contribution in [1.82, 2.24) is 25.3 Å². The van der Waals surface area contributed by atoms with E-state index in [4.69, 9.17) is 0 Å². The predicted octanol–water partition coefficient (Wildman–Crippen LogP) is 4.78. The number of aromatic nitrogens is 4. The maximum Gasteiger partial charge on any atom is 0.405 e. The third kappa shape index (κ3) is 4.27. The Bertz CT molecular complexity index is 1280. The monoisotopic (exact) mass is 434 g/mol. The highest BCUT2D eigenvalue weighted by Crippen LogP contribution is 2.30. The van der Waals surface area contributed by atoms with Crippen molar-refractivity contribution in [1.29, 1.82) is 0 Å². The molecule has 0 aliphatic carbocycles. The van der Waals surface area contributed by atoms with E-state index in [1.807, 2.05) is 17.4 Å². The van der Waals surface area contributed by atoms with Crippen LogP contribution in [0.5, 0.6) is 0 Å². The summed E-state index contributed by atoms with van der Waals surface area (Å²) in [5.41, 5.74) is 0.679. The van der Waals surface area contributed by atoms with Crippen molar-refractivity contribution < 1.29 is 22.2 Å². The van der Waals surface area contributed by atoms with Crippen LogP contribution in [0.25, 0.3) is 33.3 Å². The fraction of sp³-hybridized carbons (Fsp3) is 0.238. The number of hydrogen-bond acceptors (Lipinski definition) is 5. The molecule has 3 heterocycles. The van der Waals surface area contributed by atoms with Gasteiger partial charge < -0.3 is 15.6 Å². The maximum absolute atomic E-state index is 12.5. The summed E-state index contributed by atoms with van der Waals surface area (Å²) in [7, 11) is 0. The van der Waals surface area contributed by atoms with Gasteiger partial charge in [-0.15, -0.1) is 0 Å². The van der Waals surface area contributed by atoms with Gasteiger partial charge in [0.05, 0.1) is 5.52 Å². The number of rotatable bonds is 5. The summed E-state index contributed by atoms with van der Waals surface area (Å²) < 4.78 is 37.6. The molecule has 7 nitrogen and oxygen atoms in total. The molecule has 0 spiro atoms. The van der Waals surface area contributed by atoms with Gasteiger partial charge >= 0.3 is 6.18 Å². The van der Waals surface area contributed by atoms with Gasteiger partial charge in [-0.2, -0.15) is 13.2 Å². The summed E-state index contributed by atoms with van der Waals surface area (Å²) in [6.07, 6.45) is -1.10. The number of aromatic amines is 1. The summed E-state index contributed by atoms with van der Waals surface area (Å²) in [5.74, 6) is -0.0565. The van der Waals surface area contributed by atoms with Gasteiger partial charge in [-0.3, -0.25) is 4.79 Å². The van der Waals surface area contributed by atoms with Crippen LogP contribution in [0.1, 0.15) is 18.1 Å². The maximum atomic E-state index is 12.5. The topological polar surface area (TPSA) is 95.6 Å². The smallest absolute Gasteiger partial charge is 0.356 e. The number of carbonyl (C=O) groups excluding carboxylic acids is 1. The number of alkyl halides is 3. The highest BCUT2D eigenvalue weighted by molar-refractivity contribution is 5.97. The first-order valence-corrected chi connectivity index (χ1v) is 9.46. The van der Waals surface area contributed by atoms with Crippen molar-refractivity contribution in [3.8, 4) is 11.4 Å². The third-order valence-corrected chi connectivity index (χ3v) is 4.75. The zero-order valence-electron chi connectivity index (χ0n) is 16.7. The average molecular weight is 434 g/mol. The van der Waals surface area contributed by atoms with Crippen molar-refractivity contribution in [2.24, 2.45) is 0 Å². The normalized spacial score (nSPS) is 12.3. The second-order valence-corrected chi connectivity index (χ2v) is 7.56. The molecule has 0 radical (unpaired) electrons. The molecule has 1 amide bonds. The molecule has 10 heteroatoms. The van der Waals surface area contributed by atoms with E-state index in [9.17, 15) is 18.0 Å². The Morgan fingerprint density at radius 3 is 2.65 bits per heavy atom. The van der Waals surface area contributed by atoms with Crippen LogP contribution in [-0.2, 0) is 4.79 Å². The predicted molar refractivity (Wildman–Crippen MR) is 118 cm³/mol. The Hall–Kier alpha value is -3.69. The zero-order chi connectivity index (χ0) is 22.2. The van der Waals surface area contributed by atoms with Gasteiger partial charge in [0.1, 0.15) is 23.5 Å². The lowest BCUT2D eigenvalue weighted by Crippen LogP contribution is -2.50. The number of carbonyl (C=O) groups is 1. The number of pyridine rings is 1. The molecule has 166 valence electrons. The van der Waals surface area contributed by atoms with Crippen LogP contribution in [0.4, 0.5) is 19.0 Å². The van der Waals surface area contributed by atoms with Crippen LogP contribution in [0.15, 0.2) is 48.8 Å². The van der Waals surface area contributed by atoms with Crippen LogP contribution in [0.2, 0.25) is 0 Å². The Morgan fingerprint density at radius 2 is 1.87 bits per heavy atom. The van der Waals surface area contributed by atoms with Crippen molar-refractivity contribution in [2.75, 3.05) is 11.9 Å². The van der Waals surface area contributed by atoms with Gasteiger partial charge in [0, 0.05) is 33.0 Å². The largest absolute Gasteiger partial charge is 0.405 e. The highest BCUT2D eigenvalue weighted by atomic mass is 19.4. The molecule has 0 saturated heterocycles. The number of nitrogens with zero attached hydrogens (tertiary/aromatic N) is 3. The molecule has 0 aliphatic rings. The molecule has 0 atom stereocenters. The number of hydrogen-bond donors (Lipinski definition) is 3. The minimum absolute atomic E-state index is 0. The first-order valence-electron chi connectivity index (χ1n) is 9.46. The number of nitrogens with one attached hydrogen (secondary N) is 3. The van der Waals surface area contributed by atoms with Gasteiger partial charge in [0.2, 0.25) is 5.91 Å². The fourth-order valence-corrected chi connectivity index (χ4v) is 3.20. The Labute approximate surface area is 179 Å². The molecular weight excluding hydrogens is 409 g/mol. The Balaban J connectivity index is 0.00000193. The lowest BCUT2D eigenvalue weighted by molar-refractivity contribution is -0.140. The number of fused-ring (bicyclic) bond motifs is 2. The van der Waals surface area contributed by atoms with Gasteiger partial charge in [-0.25, -0.2) is 15.0 Å². The van der Waals surface area contributed by atoms with E-state index in [-0.39, 0.29) is 4.28 Å².